The number of phenols is 1. The van der Waals surface area contributed by atoms with E-state index in [2.05, 4.69) is 79.6 Å². The summed E-state index contributed by atoms with van der Waals surface area (Å²) in [6.45, 7) is 12.6. The molecule has 0 aliphatic carbocycles. The number of rotatable bonds is 9. The second-order valence-electron chi connectivity index (χ2n) is 11.6. The Morgan fingerprint density at radius 2 is 1.30 bits per heavy atom. The average Bonchev–Trinajstić information content (AvgIpc) is 3.43. The highest BCUT2D eigenvalue weighted by atomic mass is 16.3. The third-order valence-electron chi connectivity index (χ3n) is 8.80. The molecular formula is C33H42N8O2. The van der Waals surface area contributed by atoms with Gasteiger partial charge in [-0.2, -0.15) is 5.10 Å². The molecule has 226 valence electrons. The van der Waals surface area contributed by atoms with E-state index in [4.69, 9.17) is 0 Å². The van der Waals surface area contributed by atoms with E-state index >= 15 is 0 Å². The van der Waals surface area contributed by atoms with Crippen molar-refractivity contribution in [2.45, 2.75) is 32.5 Å². The molecule has 2 fully saturated rings. The van der Waals surface area contributed by atoms with Gasteiger partial charge in [0, 0.05) is 76.3 Å². The number of nitrogens with zero attached hydrogens (tertiary/aromatic N) is 7. The van der Waals surface area contributed by atoms with Gasteiger partial charge < -0.3 is 14.9 Å². The SMILES string of the molecule is C[C@H]([C@@H](C)NN1CCN(Cc2ccccc2)CC1)n1ncn(-c2ccc(N3CCN(c4ccc(O)cc4)CC3)cc2)c1=O. The Balaban J connectivity index is 1.01. The second-order valence-corrected chi connectivity index (χ2v) is 11.6. The molecule has 0 unspecified atom stereocenters. The molecule has 0 spiro atoms. The highest BCUT2D eigenvalue weighted by Gasteiger charge is 2.24. The van der Waals surface area contributed by atoms with Crippen LogP contribution in [0.4, 0.5) is 11.4 Å². The molecule has 0 saturated carbocycles. The van der Waals surface area contributed by atoms with Gasteiger partial charge in [-0.3, -0.25) is 10.3 Å². The summed E-state index contributed by atoms with van der Waals surface area (Å²) in [6, 6.07) is 26.1. The monoisotopic (exact) mass is 582 g/mol. The van der Waals surface area contributed by atoms with E-state index in [1.807, 2.05) is 31.2 Å². The number of hydrogen-bond donors (Lipinski definition) is 2. The number of nitrogens with one attached hydrogen (secondary N) is 1. The van der Waals surface area contributed by atoms with Gasteiger partial charge in [-0.25, -0.2) is 19.1 Å². The molecule has 2 aliphatic rings. The molecule has 0 bridgehead atoms. The van der Waals surface area contributed by atoms with Crippen molar-refractivity contribution >= 4 is 11.4 Å². The lowest BCUT2D eigenvalue weighted by atomic mass is 10.2. The van der Waals surface area contributed by atoms with Crippen LogP contribution < -0.4 is 20.9 Å². The largest absolute Gasteiger partial charge is 0.508 e. The van der Waals surface area contributed by atoms with Gasteiger partial charge in [0.05, 0.1) is 11.7 Å². The number of hydrazine groups is 1. The summed E-state index contributed by atoms with van der Waals surface area (Å²) in [5.41, 5.74) is 7.91. The van der Waals surface area contributed by atoms with Crippen molar-refractivity contribution in [3.05, 3.63) is 101 Å². The van der Waals surface area contributed by atoms with Gasteiger partial charge >= 0.3 is 5.69 Å². The first-order valence-electron chi connectivity index (χ1n) is 15.3. The number of phenolic OH excluding ortho intramolecular Hbond substituents is 1. The normalized spacial score (nSPS) is 18.1. The van der Waals surface area contributed by atoms with Gasteiger partial charge in [0.2, 0.25) is 0 Å². The predicted molar refractivity (Wildman–Crippen MR) is 171 cm³/mol. The van der Waals surface area contributed by atoms with Crippen molar-refractivity contribution in [3.63, 3.8) is 0 Å². The molecule has 2 N–H and O–H groups in total. The van der Waals surface area contributed by atoms with Crippen molar-refractivity contribution < 1.29 is 5.11 Å². The number of hydrogen-bond acceptors (Lipinski definition) is 8. The molecule has 0 radical (unpaired) electrons. The summed E-state index contributed by atoms with van der Waals surface area (Å²) in [4.78, 5) is 20.6. The van der Waals surface area contributed by atoms with Gasteiger partial charge in [0.25, 0.3) is 0 Å². The molecule has 2 atom stereocenters. The van der Waals surface area contributed by atoms with Crippen LogP contribution >= 0.6 is 0 Å². The minimum absolute atomic E-state index is 0.0457. The fourth-order valence-electron chi connectivity index (χ4n) is 5.97. The van der Waals surface area contributed by atoms with Crippen molar-refractivity contribution in [3.8, 4) is 11.4 Å². The lowest BCUT2D eigenvalue weighted by molar-refractivity contribution is 0.0640. The predicted octanol–water partition coefficient (Wildman–Crippen LogP) is 3.34. The van der Waals surface area contributed by atoms with Crippen LogP contribution in [0.25, 0.3) is 5.69 Å². The molecule has 6 rings (SSSR count). The van der Waals surface area contributed by atoms with Crippen molar-refractivity contribution in [2.24, 2.45) is 0 Å². The van der Waals surface area contributed by atoms with E-state index in [-0.39, 0.29) is 23.5 Å². The topological polar surface area (TPSA) is 85.0 Å². The average molecular weight is 583 g/mol. The number of benzene rings is 3. The first kappa shape index (κ1) is 29.0. The maximum absolute atomic E-state index is 13.4. The summed E-state index contributed by atoms with van der Waals surface area (Å²) >= 11 is 0. The smallest absolute Gasteiger partial charge is 0.350 e. The highest BCUT2D eigenvalue weighted by Crippen LogP contribution is 2.23. The van der Waals surface area contributed by atoms with E-state index in [0.29, 0.717) is 0 Å². The Morgan fingerprint density at radius 1 is 0.744 bits per heavy atom. The quantitative estimate of drug-likeness (QED) is 0.311. The molecule has 4 aromatic rings. The molecule has 3 aromatic carbocycles. The molecule has 2 aliphatic heterocycles. The maximum atomic E-state index is 13.4. The van der Waals surface area contributed by atoms with Gasteiger partial charge in [-0.1, -0.05) is 30.3 Å². The van der Waals surface area contributed by atoms with Crippen LogP contribution in [0.5, 0.6) is 5.75 Å². The number of piperazine rings is 2. The fraction of sp³-hybridized carbons (Fsp3) is 0.394. The minimum Gasteiger partial charge on any atom is -0.508 e. The first-order chi connectivity index (χ1) is 20.9. The van der Waals surface area contributed by atoms with Crippen LogP contribution in [-0.4, -0.2) is 87.8 Å². The van der Waals surface area contributed by atoms with E-state index in [1.165, 1.54) is 5.56 Å². The van der Waals surface area contributed by atoms with Crippen LogP contribution in [0, 0.1) is 0 Å². The van der Waals surface area contributed by atoms with Gasteiger partial charge in [0.15, 0.2) is 0 Å². The van der Waals surface area contributed by atoms with Crippen molar-refractivity contribution in [2.75, 3.05) is 62.2 Å². The Labute approximate surface area is 253 Å². The molecule has 1 aromatic heterocycles. The summed E-state index contributed by atoms with van der Waals surface area (Å²) in [5.74, 6) is 0.289. The zero-order valence-electron chi connectivity index (χ0n) is 25.1. The van der Waals surface area contributed by atoms with Gasteiger partial charge in [-0.15, -0.1) is 0 Å². The molecule has 43 heavy (non-hydrogen) atoms. The molecule has 0 amide bonds. The molecule has 3 heterocycles. The molecule has 2 saturated heterocycles. The molecular weight excluding hydrogens is 540 g/mol. The standard InChI is InChI=1S/C33H42N8O2/c1-26(35-39-22-16-36(17-23-39)24-28-6-4-3-5-7-28)27(2)41-33(43)40(25-34-41)31-10-8-29(9-11-31)37-18-20-38(21-19-37)30-12-14-32(42)15-13-30/h3-15,25-27,35,42H,16-24H2,1-2H3/t26-,27-/m1/s1. The third-order valence-corrected chi connectivity index (χ3v) is 8.80. The van der Waals surface area contributed by atoms with Gasteiger partial charge in [0.1, 0.15) is 12.1 Å². The van der Waals surface area contributed by atoms with E-state index in [1.54, 1.807) is 27.7 Å². The number of aromatic nitrogens is 3. The minimum atomic E-state index is -0.135. The lowest BCUT2D eigenvalue weighted by Crippen LogP contribution is -2.55. The van der Waals surface area contributed by atoms with Crippen LogP contribution in [0.2, 0.25) is 0 Å². The van der Waals surface area contributed by atoms with Crippen molar-refractivity contribution in [1.82, 2.24) is 29.7 Å². The Morgan fingerprint density at radius 3 is 1.91 bits per heavy atom. The Bertz CT molecular complexity index is 1500. The number of anilines is 2. The van der Waals surface area contributed by atoms with Crippen LogP contribution in [0.1, 0.15) is 25.5 Å². The second kappa shape index (κ2) is 13.0. The summed E-state index contributed by atoms with van der Waals surface area (Å²) < 4.78 is 3.21. The number of aromatic hydroxyl groups is 1. The fourth-order valence-corrected chi connectivity index (χ4v) is 5.97. The summed E-state index contributed by atoms with van der Waals surface area (Å²) in [5, 5.41) is 16.3. The van der Waals surface area contributed by atoms with Gasteiger partial charge in [-0.05, 0) is 67.9 Å². The van der Waals surface area contributed by atoms with Crippen LogP contribution in [-0.2, 0) is 6.54 Å². The van der Waals surface area contributed by atoms with Crippen LogP contribution in [0.3, 0.4) is 0 Å². The first-order valence-corrected chi connectivity index (χ1v) is 15.3. The maximum Gasteiger partial charge on any atom is 0.350 e. The molecule has 10 heteroatoms. The highest BCUT2D eigenvalue weighted by molar-refractivity contribution is 5.54. The van der Waals surface area contributed by atoms with Crippen molar-refractivity contribution in [1.29, 1.82) is 0 Å². The zero-order chi connectivity index (χ0) is 29.8. The lowest BCUT2D eigenvalue weighted by Gasteiger charge is -2.37. The third kappa shape index (κ3) is 6.77. The Kier molecular flexibility index (Phi) is 8.78. The van der Waals surface area contributed by atoms with E-state index in [9.17, 15) is 9.90 Å². The molecule has 10 nitrogen and oxygen atoms in total. The van der Waals surface area contributed by atoms with E-state index < -0.39 is 0 Å². The zero-order valence-corrected chi connectivity index (χ0v) is 25.1. The van der Waals surface area contributed by atoms with Crippen LogP contribution in [0.15, 0.2) is 90.0 Å². The summed E-state index contributed by atoms with van der Waals surface area (Å²) in [7, 11) is 0. The summed E-state index contributed by atoms with van der Waals surface area (Å²) in [6.07, 6.45) is 1.62. The Hall–Kier alpha value is -4.12. The van der Waals surface area contributed by atoms with E-state index in [0.717, 1.165) is 76.0 Å².